The van der Waals surface area contributed by atoms with Crippen molar-refractivity contribution >= 4 is 11.9 Å². The number of nitrogens with one attached hydrogen (secondary N) is 1. The predicted molar refractivity (Wildman–Crippen MR) is 82.7 cm³/mol. The van der Waals surface area contributed by atoms with E-state index in [0.717, 1.165) is 50.6 Å². The third-order valence-corrected chi connectivity index (χ3v) is 4.49. The highest BCUT2D eigenvalue weighted by molar-refractivity contribution is 6.07. The van der Waals surface area contributed by atoms with Crippen molar-refractivity contribution in [3.63, 3.8) is 0 Å². The second-order valence-electron chi connectivity index (χ2n) is 6.40. The van der Waals surface area contributed by atoms with Crippen LogP contribution in [-0.4, -0.2) is 47.0 Å². The van der Waals surface area contributed by atoms with Gasteiger partial charge in [0.2, 0.25) is 0 Å². The molecule has 1 spiro atoms. The molecule has 0 bridgehead atoms. The predicted octanol–water partition coefficient (Wildman–Crippen LogP) is 2.49. The Bertz CT molecular complexity index is 425. The molecule has 1 aliphatic heterocycles. The smallest absolute Gasteiger partial charge is 0.323 e. The van der Waals surface area contributed by atoms with Gasteiger partial charge >= 0.3 is 6.03 Å². The van der Waals surface area contributed by atoms with E-state index in [1.54, 1.807) is 0 Å². The van der Waals surface area contributed by atoms with Crippen molar-refractivity contribution < 1.29 is 9.59 Å². The molecule has 2 fully saturated rings. The molecule has 2 rings (SSSR count). The van der Waals surface area contributed by atoms with Crippen molar-refractivity contribution in [3.05, 3.63) is 12.2 Å². The van der Waals surface area contributed by atoms with E-state index >= 15 is 0 Å². The number of nitrogens with zero attached hydrogens (tertiary/aromatic N) is 2. The van der Waals surface area contributed by atoms with E-state index in [4.69, 9.17) is 0 Å². The number of likely N-dealkylation sites (N-methyl/N-ethyl adjacent to an activating group) is 1. The number of carbonyl (C=O) groups is 2. The van der Waals surface area contributed by atoms with Crippen LogP contribution in [0.2, 0.25) is 0 Å². The van der Waals surface area contributed by atoms with Crippen LogP contribution in [0.3, 0.4) is 0 Å². The fraction of sp³-hybridized carbons (Fsp3) is 0.750. The first kappa shape index (κ1) is 16.0. The van der Waals surface area contributed by atoms with Gasteiger partial charge in [-0.1, -0.05) is 44.8 Å². The van der Waals surface area contributed by atoms with E-state index < -0.39 is 5.54 Å². The summed E-state index contributed by atoms with van der Waals surface area (Å²) < 4.78 is 0. The Labute approximate surface area is 127 Å². The van der Waals surface area contributed by atoms with Crippen LogP contribution < -0.4 is 5.32 Å². The number of rotatable bonds is 5. The summed E-state index contributed by atoms with van der Waals surface area (Å²) in [4.78, 5) is 28.5. The summed E-state index contributed by atoms with van der Waals surface area (Å²) in [5, 5.41) is 2.98. The molecular weight excluding hydrogens is 266 g/mol. The second-order valence-corrected chi connectivity index (χ2v) is 6.40. The van der Waals surface area contributed by atoms with Gasteiger partial charge < -0.3 is 5.32 Å². The summed E-state index contributed by atoms with van der Waals surface area (Å²) in [6, 6.07) is -0.234. The highest BCUT2D eigenvalue weighted by atomic mass is 16.2. The average Bonchev–Trinajstić information content (AvgIpc) is 2.62. The molecule has 1 heterocycles. The summed E-state index contributed by atoms with van der Waals surface area (Å²) in [6.45, 7) is 9.75. The van der Waals surface area contributed by atoms with E-state index in [1.165, 1.54) is 4.90 Å². The number of hydrogen-bond donors (Lipinski definition) is 1. The maximum atomic E-state index is 12.8. The lowest BCUT2D eigenvalue weighted by molar-refractivity contribution is -0.133. The van der Waals surface area contributed by atoms with Crippen LogP contribution in [0.4, 0.5) is 4.79 Å². The maximum Gasteiger partial charge on any atom is 0.326 e. The molecular formula is C16H27N3O2. The molecule has 21 heavy (non-hydrogen) atoms. The van der Waals surface area contributed by atoms with Crippen LogP contribution in [-0.2, 0) is 4.79 Å². The van der Waals surface area contributed by atoms with Crippen LogP contribution in [0.1, 0.15) is 52.4 Å². The van der Waals surface area contributed by atoms with Gasteiger partial charge in [-0.05, 0) is 26.3 Å². The minimum absolute atomic E-state index is 0.0328. The minimum Gasteiger partial charge on any atom is -0.323 e. The van der Waals surface area contributed by atoms with Gasteiger partial charge in [-0.25, -0.2) is 9.69 Å². The lowest BCUT2D eigenvalue weighted by atomic mass is 9.90. The van der Waals surface area contributed by atoms with E-state index in [-0.39, 0.29) is 11.9 Å². The van der Waals surface area contributed by atoms with Gasteiger partial charge in [0.05, 0.1) is 6.67 Å². The third kappa shape index (κ3) is 3.46. The Morgan fingerprint density at radius 3 is 2.43 bits per heavy atom. The van der Waals surface area contributed by atoms with Gasteiger partial charge in [-0.15, -0.1) is 0 Å². The molecule has 0 unspecified atom stereocenters. The molecule has 1 aliphatic carbocycles. The summed E-state index contributed by atoms with van der Waals surface area (Å²) >= 11 is 0. The zero-order valence-corrected chi connectivity index (χ0v) is 13.3. The van der Waals surface area contributed by atoms with Crippen molar-refractivity contribution in [2.45, 2.75) is 57.9 Å². The van der Waals surface area contributed by atoms with Gasteiger partial charge in [0.1, 0.15) is 5.54 Å². The Kier molecular flexibility index (Phi) is 5.04. The summed E-state index contributed by atoms with van der Waals surface area (Å²) in [5.41, 5.74) is 0.407. The van der Waals surface area contributed by atoms with Crippen LogP contribution >= 0.6 is 0 Å². The minimum atomic E-state index is -0.629. The van der Waals surface area contributed by atoms with Crippen molar-refractivity contribution in [2.75, 3.05) is 19.8 Å². The fourth-order valence-electron chi connectivity index (χ4n) is 3.32. The Morgan fingerprint density at radius 1 is 1.29 bits per heavy atom. The molecule has 1 N–H and O–H groups in total. The van der Waals surface area contributed by atoms with Crippen molar-refractivity contribution in [1.82, 2.24) is 15.1 Å². The monoisotopic (exact) mass is 293 g/mol. The summed E-state index contributed by atoms with van der Waals surface area (Å²) in [6.07, 6.45) is 5.90. The van der Waals surface area contributed by atoms with E-state index in [2.05, 4.69) is 16.8 Å². The van der Waals surface area contributed by atoms with Crippen LogP contribution in [0.15, 0.2) is 12.2 Å². The molecule has 0 aromatic rings. The highest BCUT2D eigenvalue weighted by Gasteiger charge is 2.50. The van der Waals surface area contributed by atoms with Gasteiger partial charge in [-0.3, -0.25) is 9.69 Å². The van der Waals surface area contributed by atoms with Gasteiger partial charge in [0.15, 0.2) is 0 Å². The molecule has 2 aliphatic rings. The van der Waals surface area contributed by atoms with Crippen LogP contribution in [0.5, 0.6) is 0 Å². The second kappa shape index (κ2) is 6.60. The van der Waals surface area contributed by atoms with Crippen molar-refractivity contribution in [1.29, 1.82) is 0 Å². The van der Waals surface area contributed by atoms with Crippen LogP contribution in [0.25, 0.3) is 0 Å². The summed E-state index contributed by atoms with van der Waals surface area (Å²) in [5.74, 6) is -0.0328. The molecule has 1 saturated carbocycles. The van der Waals surface area contributed by atoms with Crippen molar-refractivity contribution in [2.24, 2.45) is 0 Å². The number of carbonyl (C=O) groups excluding carboxylic acids is 2. The number of amides is 3. The zero-order valence-electron chi connectivity index (χ0n) is 13.3. The first-order valence-corrected chi connectivity index (χ1v) is 7.99. The topological polar surface area (TPSA) is 52.6 Å². The first-order chi connectivity index (χ1) is 9.98. The Morgan fingerprint density at radius 2 is 1.90 bits per heavy atom. The van der Waals surface area contributed by atoms with E-state index in [9.17, 15) is 9.59 Å². The normalized spacial score (nSPS) is 21.8. The maximum absolute atomic E-state index is 12.8. The van der Waals surface area contributed by atoms with Gasteiger partial charge in [0, 0.05) is 6.54 Å². The number of imide groups is 1. The lowest BCUT2D eigenvalue weighted by Gasteiger charge is -2.27. The molecule has 0 aromatic heterocycles. The first-order valence-electron chi connectivity index (χ1n) is 7.99. The fourth-order valence-corrected chi connectivity index (χ4v) is 3.32. The molecule has 0 aromatic carbocycles. The van der Waals surface area contributed by atoms with Gasteiger partial charge in [0.25, 0.3) is 5.91 Å². The molecule has 118 valence electrons. The average molecular weight is 293 g/mol. The SMILES string of the molecule is C=C(C)CN(CC)CN1C(=O)NC2(CCCCCC2)C1=O. The molecule has 1 saturated heterocycles. The van der Waals surface area contributed by atoms with Gasteiger partial charge in [-0.2, -0.15) is 0 Å². The largest absolute Gasteiger partial charge is 0.326 e. The summed E-state index contributed by atoms with van der Waals surface area (Å²) in [7, 11) is 0. The Hall–Kier alpha value is -1.36. The quantitative estimate of drug-likeness (QED) is 0.626. The molecule has 5 heteroatoms. The standard InChI is InChI=1S/C16H27N3O2/c1-4-18(11-13(2)3)12-19-14(20)16(17-15(19)21)9-7-5-6-8-10-16/h2,4-12H2,1,3H3,(H,17,21). The third-order valence-electron chi connectivity index (χ3n) is 4.49. The van der Waals surface area contributed by atoms with E-state index in [0.29, 0.717) is 13.2 Å². The van der Waals surface area contributed by atoms with Crippen molar-refractivity contribution in [3.8, 4) is 0 Å². The highest BCUT2D eigenvalue weighted by Crippen LogP contribution is 2.32. The zero-order chi connectivity index (χ0) is 15.5. The molecule has 0 atom stereocenters. The molecule has 3 amide bonds. The molecule has 0 radical (unpaired) electrons. The number of hydrogen-bond acceptors (Lipinski definition) is 3. The van der Waals surface area contributed by atoms with Crippen LogP contribution in [0, 0.1) is 0 Å². The number of urea groups is 1. The lowest BCUT2D eigenvalue weighted by Crippen LogP contribution is -2.47. The van der Waals surface area contributed by atoms with E-state index in [1.807, 2.05) is 13.8 Å². The Balaban J connectivity index is 2.08. The molecule has 5 nitrogen and oxygen atoms in total.